The second kappa shape index (κ2) is 8.36. The number of rotatable bonds is 6. The molecule has 0 atom stereocenters. The van der Waals surface area contributed by atoms with Gasteiger partial charge in [-0.1, -0.05) is 31.5 Å². The maximum Gasteiger partial charge on any atom is 0.243 e. The summed E-state index contributed by atoms with van der Waals surface area (Å²) in [5, 5.41) is 9.17. The third-order valence-electron chi connectivity index (χ3n) is 3.24. The summed E-state index contributed by atoms with van der Waals surface area (Å²) in [7, 11) is 0. The predicted molar refractivity (Wildman–Crippen MR) is 98.5 cm³/mol. The number of anilines is 3. The summed E-state index contributed by atoms with van der Waals surface area (Å²) in [6.45, 7) is 3.80. The van der Waals surface area contributed by atoms with Crippen LogP contribution in [-0.2, 0) is 9.59 Å². The van der Waals surface area contributed by atoms with Crippen LogP contribution >= 0.6 is 11.6 Å². The van der Waals surface area contributed by atoms with Crippen LogP contribution in [-0.4, -0.2) is 18.4 Å². The Morgan fingerprint density at radius 3 is 2.25 bits per heavy atom. The second-order valence-electron chi connectivity index (χ2n) is 5.63. The van der Waals surface area contributed by atoms with Crippen molar-refractivity contribution in [3.8, 4) is 0 Å². The quantitative estimate of drug-likeness (QED) is 0.741. The molecule has 2 aromatic rings. The zero-order chi connectivity index (χ0) is 17.5. The van der Waals surface area contributed by atoms with Crippen molar-refractivity contribution in [3.63, 3.8) is 0 Å². The molecule has 0 saturated heterocycles. The molecular formula is C18H20ClN3O2. The summed E-state index contributed by atoms with van der Waals surface area (Å²) < 4.78 is 0. The highest BCUT2D eigenvalue weighted by atomic mass is 35.5. The molecule has 0 aliphatic rings. The zero-order valence-corrected chi connectivity index (χ0v) is 14.4. The van der Waals surface area contributed by atoms with Crippen LogP contribution in [0, 0.1) is 5.92 Å². The molecule has 24 heavy (non-hydrogen) atoms. The standard InChI is InChI=1S/C18H20ClN3O2/c1-12(2)18(24)22-15-8-6-14(7-9-15)20-11-17(23)21-16-5-3-4-13(19)10-16/h3-10,12,20H,11H2,1-2H3,(H,21,23)(H,22,24). The average molecular weight is 346 g/mol. The molecule has 0 bridgehead atoms. The minimum atomic E-state index is -0.172. The van der Waals surface area contributed by atoms with Crippen molar-refractivity contribution >= 4 is 40.5 Å². The van der Waals surface area contributed by atoms with Gasteiger partial charge in [-0.15, -0.1) is 0 Å². The van der Waals surface area contributed by atoms with Gasteiger partial charge in [0.1, 0.15) is 0 Å². The molecule has 2 amide bonds. The molecule has 0 unspecified atom stereocenters. The smallest absolute Gasteiger partial charge is 0.243 e. The zero-order valence-electron chi connectivity index (χ0n) is 13.6. The minimum Gasteiger partial charge on any atom is -0.376 e. The lowest BCUT2D eigenvalue weighted by atomic mass is 10.2. The fourth-order valence-electron chi connectivity index (χ4n) is 1.91. The lowest BCUT2D eigenvalue weighted by Gasteiger charge is -2.10. The molecule has 0 saturated carbocycles. The van der Waals surface area contributed by atoms with Crippen molar-refractivity contribution in [2.75, 3.05) is 22.5 Å². The fraction of sp³-hybridized carbons (Fsp3) is 0.222. The molecule has 2 rings (SSSR count). The second-order valence-corrected chi connectivity index (χ2v) is 6.07. The highest BCUT2D eigenvalue weighted by molar-refractivity contribution is 6.30. The van der Waals surface area contributed by atoms with Crippen LogP contribution in [0.15, 0.2) is 48.5 Å². The number of hydrogen-bond acceptors (Lipinski definition) is 3. The highest BCUT2D eigenvalue weighted by Crippen LogP contribution is 2.16. The summed E-state index contributed by atoms with van der Waals surface area (Å²) in [6, 6.07) is 14.2. The van der Waals surface area contributed by atoms with Crippen LogP contribution < -0.4 is 16.0 Å². The molecule has 0 heterocycles. The number of carbonyl (C=O) groups excluding carboxylic acids is 2. The van der Waals surface area contributed by atoms with Crippen molar-refractivity contribution in [2.45, 2.75) is 13.8 Å². The van der Waals surface area contributed by atoms with Gasteiger partial charge in [0.05, 0.1) is 6.54 Å². The predicted octanol–water partition coefficient (Wildman–Crippen LogP) is 3.99. The molecule has 0 aliphatic carbocycles. The first-order valence-electron chi connectivity index (χ1n) is 7.64. The molecule has 0 spiro atoms. The summed E-state index contributed by atoms with van der Waals surface area (Å²) >= 11 is 5.87. The van der Waals surface area contributed by atoms with Gasteiger partial charge in [0.2, 0.25) is 11.8 Å². The Balaban J connectivity index is 1.83. The summed E-state index contributed by atoms with van der Waals surface area (Å²) in [5.74, 6) is -0.274. The van der Waals surface area contributed by atoms with Crippen molar-refractivity contribution in [3.05, 3.63) is 53.6 Å². The van der Waals surface area contributed by atoms with E-state index in [9.17, 15) is 9.59 Å². The van der Waals surface area contributed by atoms with Crippen molar-refractivity contribution in [1.29, 1.82) is 0 Å². The number of carbonyl (C=O) groups is 2. The summed E-state index contributed by atoms with van der Waals surface area (Å²) in [6.07, 6.45) is 0. The molecular weight excluding hydrogens is 326 g/mol. The molecule has 2 aromatic carbocycles. The average Bonchev–Trinajstić information content (AvgIpc) is 2.54. The van der Waals surface area contributed by atoms with E-state index in [1.807, 2.05) is 26.0 Å². The summed E-state index contributed by atoms with van der Waals surface area (Å²) in [4.78, 5) is 23.5. The number of benzene rings is 2. The van der Waals surface area contributed by atoms with Gasteiger partial charge in [-0.3, -0.25) is 9.59 Å². The lowest BCUT2D eigenvalue weighted by molar-refractivity contribution is -0.119. The molecule has 5 nitrogen and oxygen atoms in total. The SMILES string of the molecule is CC(C)C(=O)Nc1ccc(NCC(=O)Nc2cccc(Cl)c2)cc1. The van der Waals surface area contributed by atoms with Gasteiger partial charge in [0.25, 0.3) is 0 Å². The molecule has 126 valence electrons. The van der Waals surface area contributed by atoms with Crippen molar-refractivity contribution in [2.24, 2.45) is 5.92 Å². The van der Waals surface area contributed by atoms with E-state index in [1.54, 1.807) is 36.4 Å². The maximum atomic E-state index is 11.9. The lowest BCUT2D eigenvalue weighted by Crippen LogP contribution is -2.21. The van der Waals surface area contributed by atoms with E-state index >= 15 is 0 Å². The Labute approximate surface area is 146 Å². The number of hydrogen-bond donors (Lipinski definition) is 3. The van der Waals surface area contributed by atoms with Gasteiger partial charge in [-0.25, -0.2) is 0 Å². The molecule has 6 heteroatoms. The topological polar surface area (TPSA) is 70.2 Å². The van der Waals surface area contributed by atoms with E-state index < -0.39 is 0 Å². The van der Waals surface area contributed by atoms with E-state index in [0.717, 1.165) is 11.4 Å². The summed E-state index contributed by atoms with van der Waals surface area (Å²) in [5.41, 5.74) is 2.17. The number of halogens is 1. The van der Waals surface area contributed by atoms with Crippen LogP contribution in [0.3, 0.4) is 0 Å². The molecule has 0 fully saturated rings. The van der Waals surface area contributed by atoms with E-state index in [-0.39, 0.29) is 24.3 Å². The van der Waals surface area contributed by atoms with Gasteiger partial charge in [0.15, 0.2) is 0 Å². The first kappa shape index (κ1) is 17.8. The number of nitrogens with one attached hydrogen (secondary N) is 3. The van der Waals surface area contributed by atoms with Gasteiger partial charge in [0, 0.05) is 28.0 Å². The van der Waals surface area contributed by atoms with Crippen LogP contribution in [0.25, 0.3) is 0 Å². The third-order valence-corrected chi connectivity index (χ3v) is 3.47. The Hall–Kier alpha value is -2.53. The Kier molecular flexibility index (Phi) is 6.21. The third kappa shape index (κ3) is 5.59. The Morgan fingerprint density at radius 1 is 0.958 bits per heavy atom. The Morgan fingerprint density at radius 2 is 1.62 bits per heavy atom. The van der Waals surface area contributed by atoms with Gasteiger partial charge in [-0.05, 0) is 42.5 Å². The largest absolute Gasteiger partial charge is 0.376 e. The van der Waals surface area contributed by atoms with E-state index in [2.05, 4.69) is 16.0 Å². The molecule has 0 aliphatic heterocycles. The normalized spacial score (nSPS) is 10.3. The van der Waals surface area contributed by atoms with E-state index in [4.69, 9.17) is 11.6 Å². The highest BCUT2D eigenvalue weighted by Gasteiger charge is 2.07. The number of amides is 2. The van der Waals surface area contributed by atoms with Gasteiger partial charge in [-0.2, -0.15) is 0 Å². The Bertz CT molecular complexity index is 714. The monoisotopic (exact) mass is 345 g/mol. The molecule has 0 aromatic heterocycles. The van der Waals surface area contributed by atoms with Crippen LogP contribution in [0.1, 0.15) is 13.8 Å². The van der Waals surface area contributed by atoms with Crippen molar-refractivity contribution < 1.29 is 9.59 Å². The maximum absolute atomic E-state index is 11.9. The first-order chi connectivity index (χ1) is 11.4. The minimum absolute atomic E-state index is 0.0309. The van der Waals surface area contributed by atoms with Crippen LogP contribution in [0.4, 0.5) is 17.1 Å². The van der Waals surface area contributed by atoms with Crippen LogP contribution in [0.2, 0.25) is 5.02 Å². The van der Waals surface area contributed by atoms with Gasteiger partial charge >= 0.3 is 0 Å². The fourth-order valence-corrected chi connectivity index (χ4v) is 2.10. The van der Waals surface area contributed by atoms with Crippen LogP contribution in [0.5, 0.6) is 0 Å². The molecule has 0 radical (unpaired) electrons. The first-order valence-corrected chi connectivity index (χ1v) is 8.02. The van der Waals surface area contributed by atoms with E-state index in [0.29, 0.717) is 10.7 Å². The van der Waals surface area contributed by atoms with Gasteiger partial charge < -0.3 is 16.0 Å². The van der Waals surface area contributed by atoms with Crippen molar-refractivity contribution in [1.82, 2.24) is 0 Å². The van der Waals surface area contributed by atoms with E-state index in [1.165, 1.54) is 0 Å². The molecule has 3 N–H and O–H groups in total.